The number of nitrogens with two attached hydrogens (primary N) is 1. The van der Waals surface area contributed by atoms with Gasteiger partial charge >= 0.3 is 0 Å². The molecule has 0 aromatic carbocycles. The fourth-order valence-corrected chi connectivity index (χ4v) is 2.37. The molecule has 2 heterocycles. The molecule has 0 amide bonds. The van der Waals surface area contributed by atoms with Crippen LogP contribution in [0.1, 0.15) is 12.8 Å². The van der Waals surface area contributed by atoms with Crippen molar-refractivity contribution in [3.8, 4) is 0 Å². The predicted octanol–water partition coefficient (Wildman–Crippen LogP) is 2.48. The van der Waals surface area contributed by atoms with Crippen LogP contribution in [0.5, 0.6) is 0 Å². The van der Waals surface area contributed by atoms with Crippen LogP contribution in [0.25, 0.3) is 0 Å². The summed E-state index contributed by atoms with van der Waals surface area (Å²) in [7, 11) is 0. The Morgan fingerprint density at radius 3 is 2.71 bits per heavy atom. The summed E-state index contributed by atoms with van der Waals surface area (Å²) in [6.07, 6.45) is 2.60. The second-order valence-corrected chi connectivity index (χ2v) is 4.98. The molecule has 1 aliphatic heterocycles. The fraction of sp³-hybridized carbons (Fsp3) is 0.545. The molecule has 3 N–H and O–H groups in total. The van der Waals surface area contributed by atoms with Crippen molar-refractivity contribution in [1.82, 2.24) is 9.88 Å². The lowest BCUT2D eigenvalue weighted by Crippen LogP contribution is -2.26. The van der Waals surface area contributed by atoms with E-state index < -0.39 is 0 Å². The first-order chi connectivity index (χ1) is 8.16. The zero-order valence-electron chi connectivity index (χ0n) is 9.55. The average Bonchev–Trinajstić information content (AvgIpc) is 2.78. The minimum atomic E-state index is 0.305. The Morgan fingerprint density at radius 2 is 2.00 bits per heavy atom. The van der Waals surface area contributed by atoms with Crippen LogP contribution in [-0.2, 0) is 0 Å². The molecule has 1 aromatic heterocycles. The van der Waals surface area contributed by atoms with Crippen molar-refractivity contribution in [2.45, 2.75) is 12.8 Å². The highest BCUT2D eigenvalue weighted by molar-refractivity contribution is 6.37. The van der Waals surface area contributed by atoms with Crippen LogP contribution in [0, 0.1) is 0 Å². The first-order valence-electron chi connectivity index (χ1n) is 5.74. The molecular weight excluding hydrogens is 259 g/mol. The van der Waals surface area contributed by atoms with Gasteiger partial charge in [0.15, 0.2) is 0 Å². The Bertz CT molecular complexity index is 391. The number of nitrogens with zero attached hydrogens (tertiary/aromatic N) is 2. The number of rotatable bonds is 4. The van der Waals surface area contributed by atoms with E-state index in [1.807, 2.05) is 0 Å². The van der Waals surface area contributed by atoms with Gasteiger partial charge in [-0.2, -0.15) is 0 Å². The van der Waals surface area contributed by atoms with Gasteiger partial charge in [-0.15, -0.1) is 0 Å². The van der Waals surface area contributed by atoms with Crippen LogP contribution < -0.4 is 11.1 Å². The highest BCUT2D eigenvalue weighted by Gasteiger charge is 2.11. The Balaban J connectivity index is 1.87. The van der Waals surface area contributed by atoms with Crippen molar-refractivity contribution < 1.29 is 0 Å². The third kappa shape index (κ3) is 3.37. The minimum Gasteiger partial charge on any atom is -0.382 e. The minimum absolute atomic E-state index is 0.305. The van der Waals surface area contributed by atoms with E-state index in [4.69, 9.17) is 28.9 Å². The number of aromatic nitrogens is 1. The number of nitrogen functional groups attached to an aromatic ring is 1. The zero-order valence-corrected chi connectivity index (χ0v) is 11.1. The molecule has 0 saturated carbocycles. The van der Waals surface area contributed by atoms with Crippen molar-refractivity contribution in [3.05, 3.63) is 16.1 Å². The van der Waals surface area contributed by atoms with Gasteiger partial charge in [-0.3, -0.25) is 0 Å². The number of anilines is 2. The van der Waals surface area contributed by atoms with E-state index in [1.165, 1.54) is 25.9 Å². The van der Waals surface area contributed by atoms with Crippen molar-refractivity contribution in [2.24, 2.45) is 0 Å². The standard InChI is InChI=1S/C11H16Cl2N4/c12-8-7-9(13)11(16-10(8)14)15-3-6-17-4-1-2-5-17/h7H,1-6H2,(H3,14,15,16). The second-order valence-electron chi connectivity index (χ2n) is 4.16. The largest absolute Gasteiger partial charge is 0.382 e. The zero-order chi connectivity index (χ0) is 12.3. The van der Waals surface area contributed by atoms with E-state index in [0.717, 1.165) is 13.1 Å². The summed E-state index contributed by atoms with van der Waals surface area (Å²) in [5, 5.41) is 4.08. The molecule has 2 rings (SSSR count). The van der Waals surface area contributed by atoms with E-state index in [2.05, 4.69) is 15.2 Å². The molecule has 0 atom stereocenters. The average molecular weight is 275 g/mol. The Labute approximate surface area is 111 Å². The van der Waals surface area contributed by atoms with Crippen LogP contribution in [-0.4, -0.2) is 36.1 Å². The van der Waals surface area contributed by atoms with Crippen molar-refractivity contribution in [3.63, 3.8) is 0 Å². The Hall–Kier alpha value is -0.710. The maximum Gasteiger partial charge on any atom is 0.147 e. The van der Waals surface area contributed by atoms with Gasteiger partial charge in [0, 0.05) is 13.1 Å². The van der Waals surface area contributed by atoms with Crippen LogP contribution >= 0.6 is 23.2 Å². The number of likely N-dealkylation sites (tertiary alicyclic amines) is 1. The van der Waals surface area contributed by atoms with Crippen LogP contribution in [0.2, 0.25) is 10.0 Å². The summed E-state index contributed by atoms with van der Waals surface area (Å²) in [6.45, 7) is 4.19. The lowest BCUT2D eigenvalue weighted by atomic mass is 10.4. The molecule has 0 unspecified atom stereocenters. The maximum atomic E-state index is 6.02. The van der Waals surface area contributed by atoms with Gasteiger partial charge in [-0.25, -0.2) is 4.98 Å². The summed E-state index contributed by atoms with van der Waals surface area (Å²) < 4.78 is 0. The summed E-state index contributed by atoms with van der Waals surface area (Å²) in [4.78, 5) is 6.54. The van der Waals surface area contributed by atoms with E-state index in [1.54, 1.807) is 6.07 Å². The summed E-state index contributed by atoms with van der Waals surface area (Å²) in [5.41, 5.74) is 5.63. The van der Waals surface area contributed by atoms with Gasteiger partial charge in [-0.1, -0.05) is 23.2 Å². The molecule has 1 aliphatic rings. The molecule has 17 heavy (non-hydrogen) atoms. The summed E-state index contributed by atoms with van der Waals surface area (Å²) in [6, 6.07) is 1.61. The number of nitrogens with one attached hydrogen (secondary N) is 1. The molecule has 94 valence electrons. The first kappa shape index (κ1) is 12.7. The normalized spacial score (nSPS) is 16.4. The molecule has 0 spiro atoms. The van der Waals surface area contributed by atoms with E-state index in [0.29, 0.717) is 21.7 Å². The van der Waals surface area contributed by atoms with Crippen molar-refractivity contribution >= 4 is 34.8 Å². The first-order valence-corrected chi connectivity index (χ1v) is 6.50. The topological polar surface area (TPSA) is 54.2 Å². The van der Waals surface area contributed by atoms with E-state index >= 15 is 0 Å². The maximum absolute atomic E-state index is 6.02. The number of hydrogen-bond acceptors (Lipinski definition) is 4. The highest BCUT2D eigenvalue weighted by atomic mass is 35.5. The predicted molar refractivity (Wildman–Crippen MR) is 72.8 cm³/mol. The van der Waals surface area contributed by atoms with Gasteiger partial charge in [0.2, 0.25) is 0 Å². The van der Waals surface area contributed by atoms with Gasteiger partial charge in [0.1, 0.15) is 11.6 Å². The summed E-state index contributed by atoms with van der Waals surface area (Å²) in [5.74, 6) is 0.910. The van der Waals surface area contributed by atoms with Crippen LogP contribution in [0.3, 0.4) is 0 Å². The molecule has 1 aromatic rings. The molecule has 0 bridgehead atoms. The van der Waals surface area contributed by atoms with E-state index in [-0.39, 0.29) is 0 Å². The number of hydrogen-bond donors (Lipinski definition) is 2. The van der Waals surface area contributed by atoms with Gasteiger partial charge in [-0.05, 0) is 32.0 Å². The Kier molecular flexibility index (Phi) is 4.31. The van der Waals surface area contributed by atoms with Crippen LogP contribution in [0.15, 0.2) is 6.07 Å². The smallest absolute Gasteiger partial charge is 0.147 e. The molecule has 1 fully saturated rings. The lowest BCUT2D eigenvalue weighted by molar-refractivity contribution is 0.352. The lowest BCUT2D eigenvalue weighted by Gasteiger charge is -2.15. The molecule has 0 radical (unpaired) electrons. The van der Waals surface area contributed by atoms with Crippen LogP contribution in [0.4, 0.5) is 11.6 Å². The molecule has 1 saturated heterocycles. The molecule has 6 heteroatoms. The second kappa shape index (κ2) is 5.76. The summed E-state index contributed by atoms with van der Waals surface area (Å²) >= 11 is 11.8. The highest BCUT2D eigenvalue weighted by Crippen LogP contribution is 2.27. The quantitative estimate of drug-likeness (QED) is 0.886. The SMILES string of the molecule is Nc1nc(NCCN2CCCC2)c(Cl)cc1Cl. The molecule has 4 nitrogen and oxygen atoms in total. The van der Waals surface area contributed by atoms with E-state index in [9.17, 15) is 0 Å². The van der Waals surface area contributed by atoms with Crippen molar-refractivity contribution in [2.75, 3.05) is 37.2 Å². The third-order valence-corrected chi connectivity index (χ3v) is 3.47. The van der Waals surface area contributed by atoms with Gasteiger partial charge in [0.05, 0.1) is 10.0 Å². The molecular formula is C11H16Cl2N4. The van der Waals surface area contributed by atoms with Gasteiger partial charge in [0.25, 0.3) is 0 Å². The number of halogens is 2. The monoisotopic (exact) mass is 274 g/mol. The molecule has 0 aliphatic carbocycles. The Morgan fingerprint density at radius 1 is 1.29 bits per heavy atom. The number of pyridine rings is 1. The van der Waals surface area contributed by atoms with Gasteiger partial charge < -0.3 is 16.0 Å². The van der Waals surface area contributed by atoms with Crippen molar-refractivity contribution in [1.29, 1.82) is 0 Å². The fourth-order valence-electron chi connectivity index (χ4n) is 1.94. The third-order valence-electron chi connectivity index (χ3n) is 2.88.